The molecule has 0 aliphatic rings. The zero-order valence-electron chi connectivity index (χ0n) is 6.28. The van der Waals surface area contributed by atoms with E-state index in [1.165, 1.54) is 12.4 Å². The highest BCUT2D eigenvalue weighted by molar-refractivity contribution is 9.10. The fourth-order valence-corrected chi connectivity index (χ4v) is 1.50. The number of fused-ring (bicyclic) bond motifs is 1. The molecule has 2 heterocycles. The van der Waals surface area contributed by atoms with Gasteiger partial charge in [-0.2, -0.15) is 8.78 Å². The third kappa shape index (κ3) is 1.31. The average molecular weight is 248 g/mol. The summed E-state index contributed by atoms with van der Waals surface area (Å²) in [6.07, 6.45) is 3.98. The maximum Gasteiger partial charge on any atom is 0.320 e. The zero-order chi connectivity index (χ0) is 9.42. The van der Waals surface area contributed by atoms with Crippen molar-refractivity contribution in [1.82, 2.24) is 14.5 Å². The maximum atomic E-state index is 12.3. The van der Waals surface area contributed by atoms with Crippen LogP contribution in [-0.4, -0.2) is 14.5 Å². The van der Waals surface area contributed by atoms with Crippen LogP contribution < -0.4 is 0 Å². The number of rotatable bonds is 1. The Morgan fingerprint density at radius 2 is 2.15 bits per heavy atom. The van der Waals surface area contributed by atoms with E-state index in [9.17, 15) is 8.78 Å². The number of hydrogen-bond acceptors (Lipinski definition) is 2. The Morgan fingerprint density at radius 3 is 2.85 bits per heavy atom. The second-order valence-electron chi connectivity index (χ2n) is 2.42. The van der Waals surface area contributed by atoms with E-state index in [2.05, 4.69) is 25.9 Å². The summed E-state index contributed by atoms with van der Waals surface area (Å²) in [4.78, 5) is 7.62. The van der Waals surface area contributed by atoms with Crippen molar-refractivity contribution in [2.75, 3.05) is 0 Å². The Labute approximate surface area is 80.5 Å². The van der Waals surface area contributed by atoms with E-state index in [4.69, 9.17) is 0 Å². The van der Waals surface area contributed by atoms with Crippen molar-refractivity contribution < 1.29 is 8.78 Å². The molecule has 0 amide bonds. The molecule has 13 heavy (non-hydrogen) atoms. The summed E-state index contributed by atoms with van der Waals surface area (Å²) < 4.78 is 26.1. The van der Waals surface area contributed by atoms with Crippen molar-refractivity contribution in [3.8, 4) is 0 Å². The summed E-state index contributed by atoms with van der Waals surface area (Å²) in [7, 11) is 0. The third-order valence-corrected chi connectivity index (χ3v) is 2.23. The molecular weight excluding hydrogens is 244 g/mol. The summed E-state index contributed by atoms with van der Waals surface area (Å²) in [5, 5.41) is 0. The van der Waals surface area contributed by atoms with E-state index < -0.39 is 6.55 Å². The summed E-state index contributed by atoms with van der Waals surface area (Å²) in [6, 6.07) is 0. The minimum Gasteiger partial charge on any atom is -0.271 e. The average Bonchev–Trinajstić information content (AvgIpc) is 2.48. The number of alkyl halides is 2. The van der Waals surface area contributed by atoms with Crippen molar-refractivity contribution in [3.05, 3.63) is 23.2 Å². The number of aromatic nitrogens is 3. The molecule has 3 nitrogen and oxygen atoms in total. The van der Waals surface area contributed by atoms with Crippen molar-refractivity contribution in [3.63, 3.8) is 0 Å². The molecule has 0 N–H and O–H groups in total. The molecule has 0 aromatic carbocycles. The standard InChI is InChI=1S/C7H4BrF2N3/c8-4-1-11-2-5-6(4)12-3-13(5)7(9)10/h1-3,7H. The van der Waals surface area contributed by atoms with Gasteiger partial charge in [0.1, 0.15) is 11.8 Å². The van der Waals surface area contributed by atoms with E-state index in [-0.39, 0.29) is 0 Å². The van der Waals surface area contributed by atoms with Crippen LogP contribution in [0.3, 0.4) is 0 Å². The quantitative estimate of drug-likeness (QED) is 0.776. The summed E-state index contributed by atoms with van der Waals surface area (Å²) in [6.45, 7) is -2.58. The van der Waals surface area contributed by atoms with E-state index in [0.717, 1.165) is 10.9 Å². The Morgan fingerprint density at radius 1 is 1.38 bits per heavy atom. The molecule has 6 heteroatoms. The van der Waals surface area contributed by atoms with Crippen LogP contribution in [0.15, 0.2) is 23.2 Å². The van der Waals surface area contributed by atoms with Gasteiger partial charge in [0, 0.05) is 6.20 Å². The summed E-state index contributed by atoms with van der Waals surface area (Å²) >= 11 is 3.18. The molecule has 0 saturated carbocycles. The highest BCUT2D eigenvalue weighted by atomic mass is 79.9. The van der Waals surface area contributed by atoms with Gasteiger partial charge in [-0.25, -0.2) is 4.98 Å². The minimum atomic E-state index is -2.58. The van der Waals surface area contributed by atoms with Crippen molar-refractivity contribution in [2.24, 2.45) is 0 Å². The molecule has 0 atom stereocenters. The van der Waals surface area contributed by atoms with E-state index in [0.29, 0.717) is 15.5 Å². The molecule has 0 bridgehead atoms. The molecule has 0 saturated heterocycles. The minimum absolute atomic E-state index is 0.323. The Kier molecular flexibility index (Phi) is 1.99. The third-order valence-electron chi connectivity index (χ3n) is 1.65. The van der Waals surface area contributed by atoms with Crippen LogP contribution in [-0.2, 0) is 0 Å². The van der Waals surface area contributed by atoms with Gasteiger partial charge in [-0.15, -0.1) is 0 Å². The molecule has 2 rings (SSSR count). The van der Waals surface area contributed by atoms with Gasteiger partial charge in [-0.05, 0) is 15.9 Å². The largest absolute Gasteiger partial charge is 0.320 e. The lowest BCUT2D eigenvalue weighted by atomic mass is 10.4. The monoisotopic (exact) mass is 247 g/mol. The number of nitrogens with zero attached hydrogens (tertiary/aromatic N) is 3. The van der Waals surface area contributed by atoms with E-state index in [1.807, 2.05) is 0 Å². The first kappa shape index (κ1) is 8.55. The number of pyridine rings is 1. The predicted octanol–water partition coefficient (Wildman–Crippen LogP) is 2.59. The first-order valence-corrected chi connectivity index (χ1v) is 4.23. The molecule has 0 aliphatic heterocycles. The van der Waals surface area contributed by atoms with Crippen LogP contribution in [0.5, 0.6) is 0 Å². The van der Waals surface area contributed by atoms with Crippen LogP contribution >= 0.6 is 15.9 Å². The SMILES string of the molecule is FC(F)n1cnc2c(Br)cncc21. The van der Waals surface area contributed by atoms with Crippen LogP contribution in [0.25, 0.3) is 11.0 Å². The van der Waals surface area contributed by atoms with Gasteiger partial charge in [0.15, 0.2) is 0 Å². The maximum absolute atomic E-state index is 12.3. The normalized spacial score (nSPS) is 11.4. The molecule has 0 fully saturated rings. The summed E-state index contributed by atoms with van der Waals surface area (Å²) in [5.41, 5.74) is 0.819. The molecule has 0 aliphatic carbocycles. The molecule has 0 unspecified atom stereocenters. The first-order chi connectivity index (χ1) is 6.20. The Bertz CT molecular complexity index is 440. The lowest BCUT2D eigenvalue weighted by Crippen LogP contribution is -1.95. The summed E-state index contributed by atoms with van der Waals surface area (Å²) in [5.74, 6) is 0. The first-order valence-electron chi connectivity index (χ1n) is 3.44. The second-order valence-corrected chi connectivity index (χ2v) is 3.27. The van der Waals surface area contributed by atoms with Crippen molar-refractivity contribution in [2.45, 2.75) is 6.55 Å². The highest BCUT2D eigenvalue weighted by Crippen LogP contribution is 2.24. The lowest BCUT2D eigenvalue weighted by Gasteiger charge is -2.00. The Hall–Kier alpha value is -1.04. The molecular formula is C7H4BrF2N3. The van der Waals surface area contributed by atoms with Crippen LogP contribution in [0.2, 0.25) is 0 Å². The van der Waals surface area contributed by atoms with Gasteiger partial charge in [0.25, 0.3) is 0 Å². The van der Waals surface area contributed by atoms with Crippen LogP contribution in [0.1, 0.15) is 6.55 Å². The molecule has 2 aromatic heterocycles. The van der Waals surface area contributed by atoms with Gasteiger partial charge in [-0.1, -0.05) is 0 Å². The second kappa shape index (κ2) is 3.02. The van der Waals surface area contributed by atoms with Gasteiger partial charge in [0.05, 0.1) is 16.2 Å². The smallest absolute Gasteiger partial charge is 0.271 e. The predicted molar refractivity (Wildman–Crippen MR) is 46.5 cm³/mol. The lowest BCUT2D eigenvalue weighted by molar-refractivity contribution is 0.0745. The topological polar surface area (TPSA) is 30.7 Å². The van der Waals surface area contributed by atoms with Gasteiger partial charge in [0.2, 0.25) is 0 Å². The van der Waals surface area contributed by atoms with Gasteiger partial charge < -0.3 is 0 Å². The number of halogens is 3. The molecule has 0 spiro atoms. The van der Waals surface area contributed by atoms with Gasteiger partial charge in [-0.3, -0.25) is 9.55 Å². The molecule has 0 radical (unpaired) electrons. The number of imidazole rings is 1. The molecule has 68 valence electrons. The fraction of sp³-hybridized carbons (Fsp3) is 0.143. The van der Waals surface area contributed by atoms with Crippen molar-refractivity contribution in [1.29, 1.82) is 0 Å². The molecule has 2 aromatic rings. The van der Waals surface area contributed by atoms with Crippen LogP contribution in [0, 0.1) is 0 Å². The van der Waals surface area contributed by atoms with Gasteiger partial charge >= 0.3 is 6.55 Å². The van der Waals surface area contributed by atoms with E-state index >= 15 is 0 Å². The highest BCUT2D eigenvalue weighted by Gasteiger charge is 2.11. The zero-order valence-corrected chi connectivity index (χ0v) is 7.87. The van der Waals surface area contributed by atoms with Crippen molar-refractivity contribution >= 4 is 27.0 Å². The van der Waals surface area contributed by atoms with E-state index in [1.54, 1.807) is 0 Å². The number of hydrogen-bond donors (Lipinski definition) is 0. The fourth-order valence-electron chi connectivity index (χ4n) is 1.07. The Balaban J connectivity index is 2.75. The van der Waals surface area contributed by atoms with Crippen LogP contribution in [0.4, 0.5) is 8.78 Å².